The summed E-state index contributed by atoms with van der Waals surface area (Å²) >= 11 is 1.94. The molecule has 1 nitrogen and oxygen atoms in total. The molecule has 1 aromatic rings. The van der Waals surface area contributed by atoms with Crippen molar-refractivity contribution in [1.82, 2.24) is 0 Å². The van der Waals surface area contributed by atoms with Crippen LogP contribution in [0.15, 0.2) is 34.7 Å². The van der Waals surface area contributed by atoms with Crippen molar-refractivity contribution in [2.24, 2.45) is 0 Å². The van der Waals surface area contributed by atoms with Gasteiger partial charge in [0.1, 0.15) is 0 Å². The first-order chi connectivity index (χ1) is 8.33. The van der Waals surface area contributed by atoms with Crippen molar-refractivity contribution in [3.8, 4) is 0 Å². The quantitative estimate of drug-likeness (QED) is 0.791. The number of fused-ring (bicyclic) bond motifs is 1. The molecule has 2 heteroatoms. The SMILES string of the molecule is O=C1CCCC=C1Cc1ccc2c(c1)CCS2. The Morgan fingerprint density at radius 2 is 2.18 bits per heavy atom. The normalized spacial score (nSPS) is 19.1. The maximum absolute atomic E-state index is 11.8. The summed E-state index contributed by atoms with van der Waals surface area (Å²) in [5.41, 5.74) is 3.80. The zero-order chi connectivity index (χ0) is 11.7. The molecule has 0 saturated carbocycles. The summed E-state index contributed by atoms with van der Waals surface area (Å²) in [7, 11) is 0. The number of Topliss-reactive ketones (excluding diaryl/α,β-unsaturated/α-hetero) is 1. The van der Waals surface area contributed by atoms with Gasteiger partial charge in [-0.15, -0.1) is 11.8 Å². The van der Waals surface area contributed by atoms with Gasteiger partial charge in [-0.1, -0.05) is 18.2 Å². The maximum Gasteiger partial charge on any atom is 0.158 e. The van der Waals surface area contributed by atoms with Crippen LogP contribution in [-0.2, 0) is 17.6 Å². The standard InChI is InChI=1S/C15H16OS/c16-14-4-2-1-3-12(14)9-11-5-6-15-13(10-11)7-8-17-15/h3,5-6,10H,1-2,4,7-9H2. The third-order valence-electron chi connectivity index (χ3n) is 3.51. The van der Waals surface area contributed by atoms with E-state index in [4.69, 9.17) is 0 Å². The van der Waals surface area contributed by atoms with Crippen molar-refractivity contribution in [2.45, 2.75) is 37.0 Å². The molecular weight excluding hydrogens is 228 g/mol. The van der Waals surface area contributed by atoms with Crippen LogP contribution in [0.3, 0.4) is 0 Å². The number of hydrogen-bond acceptors (Lipinski definition) is 2. The number of benzene rings is 1. The highest BCUT2D eigenvalue weighted by atomic mass is 32.2. The molecule has 88 valence electrons. The molecule has 0 radical (unpaired) electrons. The Morgan fingerprint density at radius 3 is 3.06 bits per heavy atom. The summed E-state index contributed by atoms with van der Waals surface area (Å²) in [4.78, 5) is 13.2. The van der Waals surface area contributed by atoms with Crippen molar-refractivity contribution in [3.63, 3.8) is 0 Å². The highest BCUT2D eigenvalue weighted by molar-refractivity contribution is 7.99. The molecule has 0 aromatic heterocycles. The summed E-state index contributed by atoms with van der Waals surface area (Å²) < 4.78 is 0. The monoisotopic (exact) mass is 244 g/mol. The fraction of sp³-hybridized carbons (Fsp3) is 0.400. The van der Waals surface area contributed by atoms with Gasteiger partial charge in [-0.3, -0.25) is 4.79 Å². The zero-order valence-electron chi connectivity index (χ0n) is 9.87. The van der Waals surface area contributed by atoms with Crippen molar-refractivity contribution in [2.75, 3.05) is 5.75 Å². The van der Waals surface area contributed by atoms with E-state index in [1.807, 2.05) is 11.8 Å². The number of ketones is 1. The molecule has 0 bridgehead atoms. The molecule has 17 heavy (non-hydrogen) atoms. The first-order valence-electron chi connectivity index (χ1n) is 6.30. The lowest BCUT2D eigenvalue weighted by Crippen LogP contribution is -2.09. The Morgan fingerprint density at radius 1 is 1.24 bits per heavy atom. The van der Waals surface area contributed by atoms with Gasteiger partial charge in [0.2, 0.25) is 0 Å². The highest BCUT2D eigenvalue weighted by Crippen LogP contribution is 2.32. The topological polar surface area (TPSA) is 17.1 Å². The van der Waals surface area contributed by atoms with E-state index < -0.39 is 0 Å². The van der Waals surface area contributed by atoms with Gasteiger partial charge >= 0.3 is 0 Å². The van der Waals surface area contributed by atoms with Gasteiger partial charge in [0, 0.05) is 23.5 Å². The maximum atomic E-state index is 11.8. The van der Waals surface area contributed by atoms with E-state index in [0.29, 0.717) is 5.78 Å². The predicted molar refractivity (Wildman–Crippen MR) is 71.5 cm³/mol. The van der Waals surface area contributed by atoms with Crippen LogP contribution in [0.4, 0.5) is 0 Å². The van der Waals surface area contributed by atoms with Crippen LogP contribution in [0.2, 0.25) is 0 Å². The molecule has 1 aliphatic heterocycles. The molecule has 0 amide bonds. The summed E-state index contributed by atoms with van der Waals surface area (Å²) in [6.45, 7) is 0. The molecule has 3 rings (SSSR count). The Balaban J connectivity index is 1.81. The van der Waals surface area contributed by atoms with Crippen molar-refractivity contribution in [3.05, 3.63) is 41.0 Å². The van der Waals surface area contributed by atoms with Gasteiger partial charge in [0.25, 0.3) is 0 Å². The van der Waals surface area contributed by atoms with Crippen LogP contribution in [0, 0.1) is 0 Å². The molecule has 1 aromatic carbocycles. The number of hydrogen-bond donors (Lipinski definition) is 0. The average molecular weight is 244 g/mol. The lowest BCUT2D eigenvalue weighted by molar-refractivity contribution is -0.116. The van der Waals surface area contributed by atoms with Gasteiger partial charge < -0.3 is 0 Å². The van der Waals surface area contributed by atoms with Gasteiger partial charge in [0.05, 0.1) is 0 Å². The second kappa shape index (κ2) is 4.69. The largest absolute Gasteiger partial charge is 0.295 e. The van der Waals surface area contributed by atoms with Gasteiger partial charge in [0.15, 0.2) is 5.78 Å². The minimum Gasteiger partial charge on any atom is -0.295 e. The van der Waals surface area contributed by atoms with Crippen molar-refractivity contribution >= 4 is 17.5 Å². The van der Waals surface area contributed by atoms with E-state index in [0.717, 1.165) is 31.3 Å². The van der Waals surface area contributed by atoms with E-state index in [1.165, 1.54) is 28.2 Å². The minimum absolute atomic E-state index is 0.353. The van der Waals surface area contributed by atoms with Gasteiger partial charge in [-0.25, -0.2) is 0 Å². The average Bonchev–Trinajstić information content (AvgIpc) is 2.79. The highest BCUT2D eigenvalue weighted by Gasteiger charge is 2.16. The summed E-state index contributed by atoms with van der Waals surface area (Å²) in [5.74, 6) is 1.56. The summed E-state index contributed by atoms with van der Waals surface area (Å²) in [5, 5.41) is 0. The molecule has 0 spiro atoms. The molecule has 0 N–H and O–H groups in total. The third kappa shape index (κ3) is 2.32. The minimum atomic E-state index is 0.353. The molecular formula is C15H16OS. The number of thioether (sulfide) groups is 1. The number of carbonyl (C=O) groups is 1. The second-order valence-electron chi connectivity index (χ2n) is 4.76. The van der Waals surface area contributed by atoms with Gasteiger partial charge in [-0.2, -0.15) is 0 Å². The number of allylic oxidation sites excluding steroid dienone is 2. The van der Waals surface area contributed by atoms with E-state index in [2.05, 4.69) is 24.3 Å². The molecule has 0 saturated heterocycles. The van der Waals surface area contributed by atoms with Crippen LogP contribution in [0.5, 0.6) is 0 Å². The lowest BCUT2D eigenvalue weighted by Gasteiger charge is -2.12. The predicted octanol–water partition coefficient (Wildman–Crippen LogP) is 3.56. The second-order valence-corrected chi connectivity index (χ2v) is 5.90. The molecule has 0 atom stereocenters. The Bertz CT molecular complexity index is 488. The van der Waals surface area contributed by atoms with Crippen molar-refractivity contribution in [1.29, 1.82) is 0 Å². The van der Waals surface area contributed by atoms with Crippen molar-refractivity contribution < 1.29 is 4.79 Å². The summed E-state index contributed by atoms with van der Waals surface area (Å²) in [6.07, 6.45) is 6.99. The zero-order valence-corrected chi connectivity index (χ0v) is 10.7. The van der Waals surface area contributed by atoms with Crippen LogP contribution in [0.25, 0.3) is 0 Å². The van der Waals surface area contributed by atoms with Crippen LogP contribution >= 0.6 is 11.8 Å². The Labute approximate surface area is 106 Å². The number of aryl methyl sites for hydroxylation is 1. The van der Waals surface area contributed by atoms with Crippen LogP contribution < -0.4 is 0 Å². The smallest absolute Gasteiger partial charge is 0.158 e. The Hall–Kier alpha value is -1.02. The van der Waals surface area contributed by atoms with Gasteiger partial charge in [-0.05, 0) is 42.0 Å². The first kappa shape index (κ1) is 11.1. The number of carbonyl (C=O) groups excluding carboxylic acids is 1. The molecule has 1 aliphatic carbocycles. The Kier molecular flexibility index (Phi) is 3.06. The first-order valence-corrected chi connectivity index (χ1v) is 7.28. The van der Waals surface area contributed by atoms with E-state index in [1.54, 1.807) is 0 Å². The van der Waals surface area contributed by atoms with Crippen LogP contribution in [0.1, 0.15) is 30.4 Å². The lowest BCUT2D eigenvalue weighted by atomic mass is 9.92. The van der Waals surface area contributed by atoms with E-state index >= 15 is 0 Å². The molecule has 0 unspecified atom stereocenters. The van der Waals surface area contributed by atoms with Crippen LogP contribution in [-0.4, -0.2) is 11.5 Å². The molecule has 2 aliphatic rings. The fourth-order valence-electron chi connectivity index (χ4n) is 2.55. The number of rotatable bonds is 2. The molecule has 0 fully saturated rings. The molecule has 1 heterocycles. The van der Waals surface area contributed by atoms with E-state index in [-0.39, 0.29) is 0 Å². The fourth-order valence-corrected chi connectivity index (χ4v) is 3.61. The van der Waals surface area contributed by atoms with E-state index in [9.17, 15) is 4.79 Å². The summed E-state index contributed by atoms with van der Waals surface area (Å²) in [6, 6.07) is 6.69. The third-order valence-corrected chi connectivity index (χ3v) is 4.62.